The van der Waals surface area contributed by atoms with Crippen molar-refractivity contribution in [2.75, 3.05) is 6.61 Å². The van der Waals surface area contributed by atoms with Crippen LogP contribution in [-0.2, 0) is 4.79 Å². The first-order valence-corrected chi connectivity index (χ1v) is 17.7. The molecule has 0 heterocycles. The molecule has 0 bridgehead atoms. The SMILES string of the molecule is CCCCCCCCCCCCCCCCC[C@@H](O)[C@H](CO)NC(=O)CCCCCCCCCCCCCC. The molecule has 1 amide bonds. The molecular weight excluding hydrogens is 482 g/mol. The summed E-state index contributed by atoms with van der Waals surface area (Å²) in [5.41, 5.74) is 0. The Morgan fingerprint density at radius 2 is 0.821 bits per heavy atom. The molecule has 0 aliphatic carbocycles. The van der Waals surface area contributed by atoms with E-state index in [0.717, 1.165) is 25.7 Å². The zero-order chi connectivity index (χ0) is 28.7. The predicted octanol–water partition coefficient (Wildman–Crippen LogP) is 10.2. The molecule has 3 N–H and O–H groups in total. The molecule has 0 unspecified atom stereocenters. The fourth-order valence-electron chi connectivity index (χ4n) is 5.59. The summed E-state index contributed by atoms with van der Waals surface area (Å²) < 4.78 is 0. The van der Waals surface area contributed by atoms with Gasteiger partial charge in [-0.15, -0.1) is 0 Å². The van der Waals surface area contributed by atoms with E-state index < -0.39 is 12.1 Å². The van der Waals surface area contributed by atoms with Crippen molar-refractivity contribution in [3.63, 3.8) is 0 Å². The van der Waals surface area contributed by atoms with E-state index in [1.54, 1.807) is 0 Å². The second-order valence-electron chi connectivity index (χ2n) is 12.3. The average molecular weight is 554 g/mol. The van der Waals surface area contributed by atoms with Crippen LogP contribution in [0, 0.1) is 0 Å². The fourth-order valence-corrected chi connectivity index (χ4v) is 5.59. The summed E-state index contributed by atoms with van der Waals surface area (Å²) >= 11 is 0. The Morgan fingerprint density at radius 1 is 0.513 bits per heavy atom. The highest BCUT2D eigenvalue weighted by atomic mass is 16.3. The van der Waals surface area contributed by atoms with E-state index in [-0.39, 0.29) is 12.5 Å². The molecule has 0 radical (unpaired) electrons. The van der Waals surface area contributed by atoms with Crippen LogP contribution in [-0.4, -0.2) is 34.9 Å². The summed E-state index contributed by atoms with van der Waals surface area (Å²) in [4.78, 5) is 12.3. The lowest BCUT2D eigenvalue weighted by Gasteiger charge is -2.22. The fraction of sp³-hybridized carbons (Fsp3) is 0.971. The van der Waals surface area contributed by atoms with Crippen molar-refractivity contribution in [3.05, 3.63) is 0 Å². The number of nitrogens with one attached hydrogen (secondary N) is 1. The zero-order valence-electron chi connectivity index (χ0n) is 26.7. The van der Waals surface area contributed by atoms with Crippen molar-refractivity contribution in [3.8, 4) is 0 Å². The third-order valence-corrected chi connectivity index (χ3v) is 8.37. The van der Waals surface area contributed by atoms with Gasteiger partial charge in [-0.2, -0.15) is 0 Å². The number of hydrogen-bond acceptors (Lipinski definition) is 3. The Hall–Kier alpha value is -0.610. The number of aliphatic hydroxyl groups is 2. The molecule has 0 rings (SSSR count). The molecule has 0 saturated heterocycles. The Bertz CT molecular complexity index is 485. The molecule has 0 saturated carbocycles. The van der Waals surface area contributed by atoms with Gasteiger partial charge in [0, 0.05) is 6.42 Å². The van der Waals surface area contributed by atoms with Gasteiger partial charge in [-0.25, -0.2) is 0 Å². The number of aliphatic hydroxyl groups excluding tert-OH is 2. The van der Waals surface area contributed by atoms with Gasteiger partial charge in [0.25, 0.3) is 0 Å². The zero-order valence-corrected chi connectivity index (χ0v) is 26.7. The van der Waals surface area contributed by atoms with Gasteiger partial charge in [-0.05, 0) is 12.8 Å². The molecule has 234 valence electrons. The van der Waals surface area contributed by atoms with E-state index in [4.69, 9.17) is 0 Å². The standard InChI is InChI=1S/C35H71NO3/c1-3-5-7-9-11-13-15-17-18-19-20-22-24-26-28-30-34(38)33(32-37)36-35(39)31-29-27-25-23-21-16-14-12-10-8-6-4-2/h33-34,37-38H,3-32H2,1-2H3,(H,36,39)/t33-,34+/m0/s1. The predicted molar refractivity (Wildman–Crippen MR) is 170 cm³/mol. The first kappa shape index (κ1) is 38.4. The highest BCUT2D eigenvalue weighted by molar-refractivity contribution is 5.76. The summed E-state index contributed by atoms with van der Waals surface area (Å²) in [7, 11) is 0. The average Bonchev–Trinajstić information content (AvgIpc) is 2.94. The van der Waals surface area contributed by atoms with Gasteiger partial charge in [0.2, 0.25) is 5.91 Å². The molecule has 0 aromatic carbocycles. The summed E-state index contributed by atoms with van der Waals surface area (Å²) in [6.45, 7) is 4.35. The molecule has 2 atom stereocenters. The largest absolute Gasteiger partial charge is 0.394 e. The Balaban J connectivity index is 3.53. The Labute approximate surface area is 244 Å². The van der Waals surface area contributed by atoms with Gasteiger partial charge in [-0.3, -0.25) is 4.79 Å². The van der Waals surface area contributed by atoms with Gasteiger partial charge in [0.1, 0.15) is 0 Å². The first-order chi connectivity index (χ1) is 19.2. The topological polar surface area (TPSA) is 69.6 Å². The van der Waals surface area contributed by atoms with Crippen LogP contribution in [0.4, 0.5) is 0 Å². The number of unbranched alkanes of at least 4 members (excludes halogenated alkanes) is 25. The van der Waals surface area contributed by atoms with Crippen LogP contribution in [0.15, 0.2) is 0 Å². The van der Waals surface area contributed by atoms with Crippen LogP contribution < -0.4 is 5.32 Å². The molecular formula is C35H71NO3. The van der Waals surface area contributed by atoms with E-state index >= 15 is 0 Å². The quantitative estimate of drug-likeness (QED) is 0.0726. The third-order valence-electron chi connectivity index (χ3n) is 8.37. The normalized spacial score (nSPS) is 13.0. The maximum Gasteiger partial charge on any atom is 0.220 e. The van der Waals surface area contributed by atoms with Crippen molar-refractivity contribution >= 4 is 5.91 Å². The molecule has 4 heteroatoms. The van der Waals surface area contributed by atoms with Gasteiger partial charge in [0.05, 0.1) is 18.8 Å². The summed E-state index contributed by atoms with van der Waals surface area (Å²) in [6.07, 6.45) is 35.8. The minimum Gasteiger partial charge on any atom is -0.394 e. The van der Waals surface area contributed by atoms with Crippen LogP contribution in [0.2, 0.25) is 0 Å². The molecule has 0 aliphatic rings. The van der Waals surface area contributed by atoms with Crippen LogP contribution in [0.5, 0.6) is 0 Å². The van der Waals surface area contributed by atoms with Crippen molar-refractivity contribution in [2.45, 2.75) is 212 Å². The molecule has 0 aromatic rings. The van der Waals surface area contributed by atoms with E-state index in [1.807, 2.05) is 0 Å². The van der Waals surface area contributed by atoms with Crippen molar-refractivity contribution in [1.29, 1.82) is 0 Å². The highest BCUT2D eigenvalue weighted by Gasteiger charge is 2.19. The second-order valence-corrected chi connectivity index (χ2v) is 12.3. The summed E-state index contributed by atoms with van der Waals surface area (Å²) in [5.74, 6) is -0.0309. The van der Waals surface area contributed by atoms with E-state index in [9.17, 15) is 15.0 Å². The Kier molecular flexibility index (Phi) is 31.4. The van der Waals surface area contributed by atoms with Crippen molar-refractivity contribution < 1.29 is 15.0 Å². The van der Waals surface area contributed by atoms with Gasteiger partial charge in [0.15, 0.2) is 0 Å². The lowest BCUT2D eigenvalue weighted by atomic mass is 10.0. The number of carbonyl (C=O) groups excluding carboxylic acids is 1. The third kappa shape index (κ3) is 28.7. The smallest absolute Gasteiger partial charge is 0.220 e. The van der Waals surface area contributed by atoms with Gasteiger partial charge >= 0.3 is 0 Å². The van der Waals surface area contributed by atoms with E-state index in [2.05, 4.69) is 19.2 Å². The second kappa shape index (κ2) is 31.9. The molecule has 0 spiro atoms. The lowest BCUT2D eigenvalue weighted by molar-refractivity contribution is -0.123. The minimum absolute atomic E-state index is 0.0309. The number of rotatable bonds is 32. The van der Waals surface area contributed by atoms with Gasteiger partial charge < -0.3 is 15.5 Å². The van der Waals surface area contributed by atoms with Crippen molar-refractivity contribution in [2.24, 2.45) is 0 Å². The van der Waals surface area contributed by atoms with Crippen LogP contribution >= 0.6 is 0 Å². The van der Waals surface area contributed by atoms with Crippen LogP contribution in [0.1, 0.15) is 200 Å². The monoisotopic (exact) mass is 554 g/mol. The molecule has 0 aliphatic heterocycles. The molecule has 39 heavy (non-hydrogen) atoms. The molecule has 4 nitrogen and oxygen atoms in total. The summed E-state index contributed by atoms with van der Waals surface area (Å²) in [6, 6.07) is -0.526. The minimum atomic E-state index is -0.650. The van der Waals surface area contributed by atoms with Crippen molar-refractivity contribution in [1.82, 2.24) is 5.32 Å². The maximum absolute atomic E-state index is 12.3. The van der Waals surface area contributed by atoms with Crippen LogP contribution in [0.25, 0.3) is 0 Å². The summed E-state index contributed by atoms with van der Waals surface area (Å²) in [5, 5.41) is 23.0. The highest BCUT2D eigenvalue weighted by Crippen LogP contribution is 2.15. The molecule has 0 aromatic heterocycles. The van der Waals surface area contributed by atoms with E-state index in [0.29, 0.717) is 12.8 Å². The maximum atomic E-state index is 12.3. The first-order valence-electron chi connectivity index (χ1n) is 17.7. The van der Waals surface area contributed by atoms with Crippen LogP contribution in [0.3, 0.4) is 0 Å². The lowest BCUT2D eigenvalue weighted by Crippen LogP contribution is -2.45. The number of carbonyl (C=O) groups is 1. The van der Waals surface area contributed by atoms with E-state index in [1.165, 1.54) is 148 Å². The van der Waals surface area contributed by atoms with Gasteiger partial charge in [-0.1, -0.05) is 181 Å². The number of hydrogen-bond donors (Lipinski definition) is 3. The molecule has 0 fully saturated rings. The Morgan fingerprint density at radius 3 is 1.15 bits per heavy atom. The number of amides is 1.